The molecule has 17 heavy (non-hydrogen) atoms. The number of benzene rings is 1. The van der Waals surface area contributed by atoms with Gasteiger partial charge >= 0.3 is 5.97 Å². The van der Waals surface area contributed by atoms with Crippen LogP contribution in [0, 0.1) is 10.1 Å². The molecule has 0 amide bonds. The highest BCUT2D eigenvalue weighted by molar-refractivity contribution is 6.43. The number of halogens is 2. The van der Waals surface area contributed by atoms with Gasteiger partial charge in [0, 0.05) is 13.0 Å². The summed E-state index contributed by atoms with van der Waals surface area (Å²) in [5.41, 5.74) is -0.509. The summed E-state index contributed by atoms with van der Waals surface area (Å²) in [6.45, 7) is 1.01. The number of hydrogen-bond acceptors (Lipinski definition) is 5. The topological polar surface area (TPSA) is 86.5 Å². The zero-order valence-corrected chi connectivity index (χ0v) is 9.91. The summed E-state index contributed by atoms with van der Waals surface area (Å²) in [5, 5.41) is 10.2. The third-order valence-electron chi connectivity index (χ3n) is 1.68. The first-order valence-electron chi connectivity index (χ1n) is 4.19. The van der Waals surface area contributed by atoms with Gasteiger partial charge in [0.1, 0.15) is 10.8 Å². The van der Waals surface area contributed by atoms with E-state index in [1.165, 1.54) is 0 Å². The quantitative estimate of drug-likeness (QED) is 0.278. The molecule has 0 fully saturated rings. The number of carbonyl (C=O) groups is 2. The lowest BCUT2D eigenvalue weighted by molar-refractivity contribution is -0.384. The van der Waals surface area contributed by atoms with E-state index in [-0.39, 0.29) is 15.8 Å². The van der Waals surface area contributed by atoms with Crippen molar-refractivity contribution in [2.24, 2.45) is 0 Å². The summed E-state index contributed by atoms with van der Waals surface area (Å²) >= 11 is 11.2. The Morgan fingerprint density at radius 3 is 2.41 bits per heavy atom. The van der Waals surface area contributed by atoms with Gasteiger partial charge in [-0.25, -0.2) is 4.79 Å². The first-order chi connectivity index (χ1) is 7.82. The molecule has 90 valence electrons. The Bertz CT molecular complexity index is 514. The third-order valence-corrected chi connectivity index (χ3v) is 2.47. The maximum absolute atomic E-state index is 11.0. The van der Waals surface area contributed by atoms with Crippen LogP contribution in [0.4, 0.5) is 5.69 Å². The third kappa shape index (κ3) is 3.15. The van der Waals surface area contributed by atoms with E-state index in [9.17, 15) is 19.7 Å². The predicted molar refractivity (Wildman–Crippen MR) is 59.4 cm³/mol. The van der Waals surface area contributed by atoms with Gasteiger partial charge in [0.2, 0.25) is 5.78 Å². The number of Topliss-reactive ketones (excluding diaryl/α,β-unsaturated/α-hetero) is 1. The highest BCUT2D eigenvalue weighted by atomic mass is 35.5. The molecule has 1 aromatic rings. The summed E-state index contributed by atoms with van der Waals surface area (Å²) in [5.74, 6) is -2.19. The van der Waals surface area contributed by atoms with Gasteiger partial charge in [-0.15, -0.1) is 0 Å². The highest BCUT2D eigenvalue weighted by Crippen LogP contribution is 2.35. The molecule has 0 atom stereocenters. The number of ketones is 1. The number of carbonyl (C=O) groups excluding carboxylic acids is 2. The minimum absolute atomic E-state index is 0.146. The fourth-order valence-electron chi connectivity index (χ4n) is 0.921. The first kappa shape index (κ1) is 13.4. The molecule has 8 heteroatoms. The second kappa shape index (κ2) is 5.11. The largest absolute Gasteiger partial charge is 0.420 e. The van der Waals surface area contributed by atoms with Gasteiger partial charge < -0.3 is 4.74 Å². The normalized spacial score (nSPS) is 9.82. The minimum Gasteiger partial charge on any atom is -0.420 e. The molecule has 0 spiro atoms. The molecular formula is C9H5Cl2NO5. The average Bonchev–Trinajstić information content (AvgIpc) is 2.22. The number of nitro benzene ring substituents is 1. The van der Waals surface area contributed by atoms with Crippen LogP contribution in [0.2, 0.25) is 10.0 Å². The highest BCUT2D eigenvalue weighted by Gasteiger charge is 2.20. The molecule has 0 unspecified atom stereocenters. The van der Waals surface area contributed by atoms with Crippen LogP contribution in [-0.4, -0.2) is 16.7 Å². The van der Waals surface area contributed by atoms with Gasteiger partial charge in [-0.05, 0) is 0 Å². The molecule has 0 heterocycles. The van der Waals surface area contributed by atoms with Crippen molar-refractivity contribution in [3.63, 3.8) is 0 Å². The van der Waals surface area contributed by atoms with Gasteiger partial charge in [-0.2, -0.15) is 0 Å². The zero-order valence-electron chi connectivity index (χ0n) is 8.40. The number of esters is 1. The average molecular weight is 278 g/mol. The molecular weight excluding hydrogens is 273 g/mol. The standard InChI is InChI=1S/C9H5Cl2NO5/c1-4(13)9(14)17-5-2-6(10)8(11)7(3-5)12(15)16/h2-3H,1H3. The van der Waals surface area contributed by atoms with Crippen molar-refractivity contribution in [2.75, 3.05) is 0 Å². The Morgan fingerprint density at radius 1 is 1.35 bits per heavy atom. The summed E-state index contributed by atoms with van der Waals surface area (Å²) in [4.78, 5) is 31.4. The fourth-order valence-corrected chi connectivity index (χ4v) is 1.30. The molecule has 0 saturated carbocycles. The summed E-state index contributed by atoms with van der Waals surface area (Å²) in [7, 11) is 0. The molecule has 0 aliphatic rings. The van der Waals surface area contributed by atoms with Gasteiger partial charge in [0.25, 0.3) is 5.69 Å². The van der Waals surface area contributed by atoms with Crippen LogP contribution in [0.3, 0.4) is 0 Å². The lowest BCUT2D eigenvalue weighted by Gasteiger charge is -2.04. The van der Waals surface area contributed by atoms with Gasteiger partial charge in [-0.1, -0.05) is 23.2 Å². The number of nitro groups is 1. The van der Waals surface area contributed by atoms with E-state index in [1.54, 1.807) is 0 Å². The molecule has 0 saturated heterocycles. The van der Waals surface area contributed by atoms with E-state index in [0.717, 1.165) is 19.1 Å². The molecule has 0 radical (unpaired) electrons. The summed E-state index contributed by atoms with van der Waals surface area (Å²) in [6.07, 6.45) is 0. The molecule has 0 N–H and O–H groups in total. The smallest absolute Gasteiger partial charge is 0.379 e. The van der Waals surface area contributed by atoms with E-state index in [4.69, 9.17) is 23.2 Å². The minimum atomic E-state index is -1.14. The van der Waals surface area contributed by atoms with Crippen LogP contribution >= 0.6 is 23.2 Å². The Morgan fingerprint density at radius 2 is 1.94 bits per heavy atom. The predicted octanol–water partition coefficient (Wildman–Crippen LogP) is 2.40. The number of nitrogens with zero attached hydrogens (tertiary/aromatic N) is 1. The van der Waals surface area contributed by atoms with E-state index < -0.39 is 22.4 Å². The van der Waals surface area contributed by atoms with Crippen LogP contribution in [0.15, 0.2) is 12.1 Å². The molecule has 1 rings (SSSR count). The molecule has 0 bridgehead atoms. The Hall–Kier alpha value is -1.66. The number of rotatable bonds is 3. The first-order valence-corrected chi connectivity index (χ1v) is 4.94. The van der Waals surface area contributed by atoms with Crippen LogP contribution in [0.25, 0.3) is 0 Å². The van der Waals surface area contributed by atoms with E-state index in [2.05, 4.69) is 4.74 Å². The summed E-state index contributed by atoms with van der Waals surface area (Å²) in [6, 6.07) is 2.02. The van der Waals surface area contributed by atoms with E-state index in [1.807, 2.05) is 0 Å². The van der Waals surface area contributed by atoms with Crippen molar-refractivity contribution in [3.05, 3.63) is 32.3 Å². The Labute approximate surface area is 105 Å². The lowest BCUT2D eigenvalue weighted by atomic mass is 10.3. The molecule has 0 aromatic heterocycles. The zero-order chi connectivity index (χ0) is 13.2. The van der Waals surface area contributed by atoms with Crippen molar-refractivity contribution in [1.82, 2.24) is 0 Å². The number of ether oxygens (including phenoxy) is 1. The van der Waals surface area contributed by atoms with Crippen molar-refractivity contribution in [1.29, 1.82) is 0 Å². The Kier molecular flexibility index (Phi) is 4.03. The van der Waals surface area contributed by atoms with Crippen LogP contribution in [-0.2, 0) is 9.59 Å². The monoisotopic (exact) mass is 277 g/mol. The van der Waals surface area contributed by atoms with E-state index >= 15 is 0 Å². The summed E-state index contributed by atoms with van der Waals surface area (Å²) < 4.78 is 4.57. The van der Waals surface area contributed by atoms with E-state index in [0.29, 0.717) is 0 Å². The van der Waals surface area contributed by atoms with Gasteiger partial charge in [0.05, 0.1) is 16.0 Å². The van der Waals surface area contributed by atoms with Crippen molar-refractivity contribution >= 4 is 40.6 Å². The SMILES string of the molecule is CC(=O)C(=O)Oc1cc(Cl)c(Cl)c([N+](=O)[O-])c1. The Balaban J connectivity index is 3.15. The van der Waals surface area contributed by atoms with Gasteiger partial charge in [-0.3, -0.25) is 14.9 Å². The molecule has 1 aromatic carbocycles. The van der Waals surface area contributed by atoms with Crippen molar-refractivity contribution in [2.45, 2.75) is 6.92 Å². The van der Waals surface area contributed by atoms with Crippen LogP contribution < -0.4 is 4.74 Å². The van der Waals surface area contributed by atoms with Crippen molar-refractivity contribution in [3.8, 4) is 5.75 Å². The second-order valence-electron chi connectivity index (χ2n) is 2.94. The maximum Gasteiger partial charge on any atom is 0.379 e. The van der Waals surface area contributed by atoms with Crippen LogP contribution in [0.1, 0.15) is 6.92 Å². The lowest BCUT2D eigenvalue weighted by Crippen LogP contribution is -2.16. The number of hydrogen-bond donors (Lipinski definition) is 0. The molecule has 0 aliphatic heterocycles. The van der Waals surface area contributed by atoms with Crippen LogP contribution in [0.5, 0.6) is 5.75 Å². The van der Waals surface area contributed by atoms with Crippen molar-refractivity contribution < 1.29 is 19.2 Å². The maximum atomic E-state index is 11.0. The second-order valence-corrected chi connectivity index (χ2v) is 3.73. The molecule has 0 aliphatic carbocycles. The fraction of sp³-hybridized carbons (Fsp3) is 0.111. The van der Waals surface area contributed by atoms with Gasteiger partial charge in [0.15, 0.2) is 0 Å². The molecule has 6 nitrogen and oxygen atoms in total.